The Kier molecular flexibility index (Phi) is 6.37. The first kappa shape index (κ1) is 20.4. The average molecular weight is 425 g/mol. The lowest BCUT2D eigenvalue weighted by molar-refractivity contribution is -0.129. The number of hydrogen-bond acceptors (Lipinski definition) is 7. The Morgan fingerprint density at radius 2 is 1.89 bits per heavy atom. The molecule has 9 nitrogen and oxygen atoms in total. The minimum Gasteiger partial charge on any atom is -0.438 e. The molecule has 1 saturated heterocycles. The van der Waals surface area contributed by atoms with Crippen LogP contribution in [-0.2, 0) is 20.6 Å². The molecule has 3 rings (SSSR count). The summed E-state index contributed by atoms with van der Waals surface area (Å²) < 4.78 is 31.5. The number of thioether (sulfide) groups is 1. The van der Waals surface area contributed by atoms with Crippen LogP contribution in [-0.4, -0.2) is 66.4 Å². The van der Waals surface area contributed by atoms with E-state index in [2.05, 4.69) is 4.98 Å². The molecule has 0 bridgehead atoms. The zero-order chi connectivity index (χ0) is 20.1. The summed E-state index contributed by atoms with van der Waals surface area (Å²) in [7, 11) is -3.87. The fourth-order valence-electron chi connectivity index (χ4n) is 2.71. The third-order valence-corrected chi connectivity index (χ3v) is 6.94. The van der Waals surface area contributed by atoms with Crippen molar-refractivity contribution < 1.29 is 22.4 Å². The first-order valence-corrected chi connectivity index (χ1v) is 11.1. The molecule has 0 unspecified atom stereocenters. The molecule has 1 aliphatic rings. The van der Waals surface area contributed by atoms with Gasteiger partial charge in [-0.05, 0) is 24.3 Å². The zero-order valence-corrected chi connectivity index (χ0v) is 16.6. The van der Waals surface area contributed by atoms with Gasteiger partial charge in [-0.15, -0.1) is 11.8 Å². The van der Waals surface area contributed by atoms with Gasteiger partial charge in [-0.3, -0.25) is 14.6 Å². The normalized spacial score (nSPS) is 15.5. The van der Waals surface area contributed by atoms with Crippen molar-refractivity contribution in [2.24, 2.45) is 5.73 Å². The van der Waals surface area contributed by atoms with E-state index < -0.39 is 15.9 Å². The number of rotatable bonds is 7. The number of primary amides is 1. The Balaban J connectivity index is 1.50. The van der Waals surface area contributed by atoms with Crippen LogP contribution in [0.2, 0.25) is 0 Å². The molecule has 11 heteroatoms. The molecule has 2 aromatic rings. The number of piperazine rings is 1. The van der Waals surface area contributed by atoms with Gasteiger partial charge in [0.15, 0.2) is 5.76 Å². The molecule has 0 saturated carbocycles. The molecule has 0 spiro atoms. The van der Waals surface area contributed by atoms with Crippen molar-refractivity contribution in [2.75, 3.05) is 31.9 Å². The number of amides is 2. The molecule has 1 aliphatic heterocycles. The second-order valence-corrected chi connectivity index (χ2v) is 8.94. The molecule has 3 heterocycles. The fraction of sp³-hybridized carbons (Fsp3) is 0.353. The van der Waals surface area contributed by atoms with E-state index in [1.165, 1.54) is 28.2 Å². The lowest BCUT2D eigenvalue weighted by Gasteiger charge is -2.33. The van der Waals surface area contributed by atoms with Gasteiger partial charge in [-0.1, -0.05) is 6.07 Å². The lowest BCUT2D eigenvalue weighted by atomic mass is 10.3. The van der Waals surface area contributed by atoms with Gasteiger partial charge in [0, 0.05) is 38.1 Å². The maximum Gasteiger partial charge on any atom is 0.284 e. The van der Waals surface area contributed by atoms with Crippen LogP contribution in [0.1, 0.15) is 16.2 Å². The van der Waals surface area contributed by atoms with Crippen molar-refractivity contribution in [2.45, 2.75) is 10.8 Å². The van der Waals surface area contributed by atoms with E-state index in [9.17, 15) is 18.0 Å². The largest absolute Gasteiger partial charge is 0.438 e. The Bertz CT molecular complexity index is 937. The summed E-state index contributed by atoms with van der Waals surface area (Å²) in [4.78, 5) is 29.3. The molecule has 0 aliphatic carbocycles. The minimum atomic E-state index is -3.87. The van der Waals surface area contributed by atoms with Crippen molar-refractivity contribution in [3.8, 4) is 0 Å². The SMILES string of the molecule is NC(=O)c1ccc(S(=O)(=O)N2CCN(C(=O)CSCc3ccccn3)CC2)o1. The molecule has 150 valence electrons. The Labute approximate surface area is 166 Å². The van der Waals surface area contributed by atoms with Gasteiger partial charge >= 0.3 is 0 Å². The molecule has 1 fully saturated rings. The van der Waals surface area contributed by atoms with Crippen molar-refractivity contribution >= 4 is 33.6 Å². The Hall–Kier alpha value is -2.37. The molecule has 2 N–H and O–H groups in total. The number of carbonyl (C=O) groups is 2. The van der Waals surface area contributed by atoms with Crippen molar-refractivity contribution in [1.82, 2.24) is 14.2 Å². The molecule has 28 heavy (non-hydrogen) atoms. The number of sulfonamides is 1. The second-order valence-electron chi connectivity index (χ2n) is 6.08. The number of pyridine rings is 1. The van der Waals surface area contributed by atoms with E-state index in [1.54, 1.807) is 11.1 Å². The third kappa shape index (κ3) is 4.72. The summed E-state index contributed by atoms with van der Waals surface area (Å²) in [5, 5.41) is -0.327. The highest BCUT2D eigenvalue weighted by Crippen LogP contribution is 2.20. The summed E-state index contributed by atoms with van der Waals surface area (Å²) in [6.45, 7) is 0.911. The van der Waals surface area contributed by atoms with E-state index in [0.29, 0.717) is 24.6 Å². The van der Waals surface area contributed by atoms with Gasteiger partial charge in [0.25, 0.3) is 15.9 Å². The first-order valence-electron chi connectivity index (χ1n) is 8.53. The van der Waals surface area contributed by atoms with Gasteiger partial charge in [-0.25, -0.2) is 8.42 Å². The van der Waals surface area contributed by atoms with Gasteiger partial charge in [-0.2, -0.15) is 4.31 Å². The number of aromatic nitrogens is 1. The number of carbonyl (C=O) groups excluding carboxylic acids is 2. The van der Waals surface area contributed by atoms with E-state index in [0.717, 1.165) is 5.69 Å². The highest BCUT2D eigenvalue weighted by Gasteiger charge is 2.32. The van der Waals surface area contributed by atoms with Crippen molar-refractivity contribution in [3.63, 3.8) is 0 Å². The average Bonchev–Trinajstić information content (AvgIpc) is 3.20. The van der Waals surface area contributed by atoms with Crippen LogP contribution in [0.4, 0.5) is 0 Å². The summed E-state index contributed by atoms with van der Waals surface area (Å²) in [5.41, 5.74) is 5.99. The molecule has 0 atom stereocenters. The molecule has 0 radical (unpaired) electrons. The molecular formula is C17H20N4O5S2. The molecule has 0 aromatic carbocycles. The molecular weight excluding hydrogens is 404 g/mol. The standard InChI is InChI=1S/C17H20N4O5S2/c18-17(23)14-4-5-16(26-14)28(24,25)21-9-7-20(8-10-21)15(22)12-27-11-13-3-1-2-6-19-13/h1-6H,7-12H2,(H2,18,23). The van der Waals surface area contributed by atoms with Crippen LogP contribution in [0.3, 0.4) is 0 Å². The lowest BCUT2D eigenvalue weighted by Crippen LogP contribution is -2.50. The second kappa shape index (κ2) is 8.76. The van der Waals surface area contributed by atoms with Crippen LogP contribution in [0.15, 0.2) is 46.0 Å². The molecule has 2 amide bonds. The molecule has 2 aromatic heterocycles. The predicted molar refractivity (Wildman–Crippen MR) is 103 cm³/mol. The van der Waals surface area contributed by atoms with Gasteiger partial charge < -0.3 is 15.1 Å². The number of nitrogens with two attached hydrogens (primary N) is 1. The van der Waals surface area contributed by atoms with Gasteiger partial charge in [0.1, 0.15) is 0 Å². The van der Waals surface area contributed by atoms with Crippen molar-refractivity contribution in [1.29, 1.82) is 0 Å². The number of nitrogens with zero attached hydrogens (tertiary/aromatic N) is 3. The first-order chi connectivity index (χ1) is 13.4. The van der Waals surface area contributed by atoms with E-state index in [1.807, 2.05) is 18.2 Å². The highest BCUT2D eigenvalue weighted by molar-refractivity contribution is 7.99. The van der Waals surface area contributed by atoms with Crippen LogP contribution in [0.25, 0.3) is 0 Å². The minimum absolute atomic E-state index is 0.0352. The topological polar surface area (TPSA) is 127 Å². The van der Waals surface area contributed by atoms with Crippen LogP contribution < -0.4 is 5.73 Å². The Morgan fingerprint density at radius 1 is 1.14 bits per heavy atom. The van der Waals surface area contributed by atoms with Crippen LogP contribution in [0.5, 0.6) is 0 Å². The van der Waals surface area contributed by atoms with Gasteiger partial charge in [0.05, 0.1) is 11.4 Å². The quantitative estimate of drug-likeness (QED) is 0.687. The number of hydrogen-bond donors (Lipinski definition) is 1. The maximum atomic E-state index is 12.6. The Morgan fingerprint density at radius 3 is 2.50 bits per heavy atom. The fourth-order valence-corrected chi connectivity index (χ4v) is 4.89. The summed E-state index contributed by atoms with van der Waals surface area (Å²) in [6.07, 6.45) is 1.71. The van der Waals surface area contributed by atoms with E-state index in [4.69, 9.17) is 10.2 Å². The van der Waals surface area contributed by atoms with Crippen LogP contribution in [0, 0.1) is 0 Å². The predicted octanol–water partition coefficient (Wildman–Crippen LogP) is 0.540. The third-order valence-electron chi connectivity index (χ3n) is 4.21. The smallest absolute Gasteiger partial charge is 0.284 e. The van der Waals surface area contributed by atoms with Gasteiger partial charge in [0.2, 0.25) is 11.0 Å². The summed E-state index contributed by atoms with van der Waals surface area (Å²) in [5.74, 6) is -0.130. The van der Waals surface area contributed by atoms with E-state index >= 15 is 0 Å². The summed E-state index contributed by atoms with van der Waals surface area (Å²) >= 11 is 1.47. The van der Waals surface area contributed by atoms with E-state index in [-0.39, 0.29) is 29.8 Å². The zero-order valence-electron chi connectivity index (χ0n) is 15.0. The summed E-state index contributed by atoms with van der Waals surface area (Å²) in [6, 6.07) is 8.08. The monoisotopic (exact) mass is 424 g/mol. The van der Waals surface area contributed by atoms with Crippen LogP contribution >= 0.6 is 11.8 Å². The van der Waals surface area contributed by atoms with Crippen molar-refractivity contribution in [3.05, 3.63) is 48.0 Å². The number of furan rings is 1. The highest BCUT2D eigenvalue weighted by atomic mass is 32.2. The maximum absolute atomic E-state index is 12.6.